The predicted molar refractivity (Wildman–Crippen MR) is 79.2 cm³/mol. The second-order valence-corrected chi connectivity index (χ2v) is 5.05. The van der Waals surface area contributed by atoms with Crippen LogP contribution in [-0.2, 0) is 0 Å². The lowest BCUT2D eigenvalue weighted by Crippen LogP contribution is -2.43. The quantitative estimate of drug-likeness (QED) is 0.827. The van der Waals surface area contributed by atoms with Gasteiger partial charge in [-0.2, -0.15) is 0 Å². The third-order valence-corrected chi connectivity index (χ3v) is 3.25. The highest BCUT2D eigenvalue weighted by molar-refractivity contribution is 5.74. The highest BCUT2D eigenvalue weighted by atomic mass is 16.2. The molecular weight excluding hydrogens is 238 g/mol. The van der Waals surface area contributed by atoms with Crippen molar-refractivity contribution in [3.8, 4) is 0 Å². The van der Waals surface area contributed by atoms with Crippen molar-refractivity contribution in [1.29, 1.82) is 0 Å². The Morgan fingerprint density at radius 1 is 1.26 bits per heavy atom. The van der Waals surface area contributed by atoms with Gasteiger partial charge in [0.1, 0.15) is 0 Å². The smallest absolute Gasteiger partial charge is 0.315 e. The van der Waals surface area contributed by atoms with Gasteiger partial charge in [-0.1, -0.05) is 37.3 Å². The molecule has 4 nitrogen and oxygen atoms in total. The molecule has 2 atom stereocenters. The third-order valence-electron chi connectivity index (χ3n) is 3.25. The Morgan fingerprint density at radius 2 is 1.89 bits per heavy atom. The molecule has 0 heterocycles. The van der Waals surface area contributed by atoms with Gasteiger partial charge in [-0.25, -0.2) is 4.79 Å². The van der Waals surface area contributed by atoms with Crippen LogP contribution in [0.3, 0.4) is 0 Å². The number of nitrogens with one attached hydrogen (secondary N) is 2. The van der Waals surface area contributed by atoms with Crippen LogP contribution in [0.25, 0.3) is 0 Å². The molecule has 19 heavy (non-hydrogen) atoms. The molecular formula is C15H25N3O. The Morgan fingerprint density at radius 3 is 2.42 bits per heavy atom. The number of urea groups is 1. The Balaban J connectivity index is 2.54. The molecule has 0 saturated carbocycles. The normalized spacial score (nSPS) is 13.9. The first kappa shape index (κ1) is 15.5. The molecule has 0 fully saturated rings. The molecule has 4 heteroatoms. The summed E-state index contributed by atoms with van der Waals surface area (Å²) in [5.41, 5.74) is 1.20. The molecule has 0 aliphatic heterocycles. The van der Waals surface area contributed by atoms with E-state index in [1.54, 1.807) is 0 Å². The number of rotatable bonds is 6. The van der Waals surface area contributed by atoms with E-state index in [0.29, 0.717) is 6.54 Å². The first-order chi connectivity index (χ1) is 9.04. The first-order valence-electron chi connectivity index (χ1n) is 6.80. The summed E-state index contributed by atoms with van der Waals surface area (Å²) in [7, 11) is 4.04. The number of hydrogen-bond acceptors (Lipinski definition) is 2. The van der Waals surface area contributed by atoms with Crippen LogP contribution in [0.2, 0.25) is 0 Å². The summed E-state index contributed by atoms with van der Waals surface area (Å²) in [6.45, 7) is 4.65. The minimum Gasteiger partial charge on any atom is -0.336 e. The molecule has 0 aliphatic rings. The van der Waals surface area contributed by atoms with E-state index in [1.807, 2.05) is 39.2 Å². The van der Waals surface area contributed by atoms with Gasteiger partial charge >= 0.3 is 6.03 Å². The van der Waals surface area contributed by atoms with E-state index in [-0.39, 0.29) is 18.1 Å². The molecule has 2 N–H and O–H groups in total. The van der Waals surface area contributed by atoms with Crippen LogP contribution in [0.4, 0.5) is 4.79 Å². The number of nitrogens with zero attached hydrogens (tertiary/aromatic N) is 1. The van der Waals surface area contributed by atoms with Crippen molar-refractivity contribution in [2.75, 3.05) is 20.6 Å². The highest BCUT2D eigenvalue weighted by Gasteiger charge is 2.15. The maximum absolute atomic E-state index is 11.7. The van der Waals surface area contributed by atoms with Crippen LogP contribution >= 0.6 is 0 Å². The van der Waals surface area contributed by atoms with Crippen molar-refractivity contribution >= 4 is 6.03 Å². The maximum atomic E-state index is 11.7. The Kier molecular flexibility index (Phi) is 6.36. The second-order valence-electron chi connectivity index (χ2n) is 5.05. The lowest BCUT2D eigenvalue weighted by molar-refractivity contribution is 0.229. The summed E-state index contributed by atoms with van der Waals surface area (Å²) in [6, 6.07) is 10.5. The number of hydrogen-bond donors (Lipinski definition) is 2. The number of amides is 2. The Labute approximate surface area is 116 Å². The van der Waals surface area contributed by atoms with Gasteiger partial charge in [0.25, 0.3) is 0 Å². The average molecular weight is 263 g/mol. The minimum absolute atomic E-state index is 0.0999. The molecule has 1 rings (SSSR count). The summed E-state index contributed by atoms with van der Waals surface area (Å²) in [6.07, 6.45) is 0.934. The van der Waals surface area contributed by atoms with E-state index in [1.165, 1.54) is 5.56 Å². The monoisotopic (exact) mass is 263 g/mol. The van der Waals surface area contributed by atoms with Gasteiger partial charge in [0.2, 0.25) is 0 Å². The van der Waals surface area contributed by atoms with E-state index in [4.69, 9.17) is 0 Å². The molecule has 1 aromatic carbocycles. The van der Waals surface area contributed by atoms with Crippen LogP contribution < -0.4 is 10.6 Å². The van der Waals surface area contributed by atoms with Gasteiger partial charge in [-0.15, -0.1) is 0 Å². The molecule has 0 aliphatic carbocycles. The zero-order chi connectivity index (χ0) is 14.3. The Hall–Kier alpha value is -1.55. The number of likely N-dealkylation sites (N-methyl/N-ethyl adjacent to an activating group) is 1. The van der Waals surface area contributed by atoms with Crippen molar-refractivity contribution in [3.63, 3.8) is 0 Å². The number of carbonyl (C=O) groups excluding carboxylic acids is 1. The predicted octanol–water partition coefficient (Wildman–Crippen LogP) is 2.39. The molecule has 1 aromatic rings. The largest absolute Gasteiger partial charge is 0.336 e. The number of carbonyl (C=O) groups is 1. The molecule has 0 radical (unpaired) electrons. The summed E-state index contributed by atoms with van der Waals surface area (Å²) in [5, 5.41) is 5.84. The fourth-order valence-electron chi connectivity index (χ4n) is 1.84. The van der Waals surface area contributed by atoms with Gasteiger partial charge in [0, 0.05) is 12.6 Å². The van der Waals surface area contributed by atoms with Crippen molar-refractivity contribution in [2.45, 2.75) is 32.4 Å². The summed E-state index contributed by atoms with van der Waals surface area (Å²) in [4.78, 5) is 13.8. The minimum atomic E-state index is -0.0999. The van der Waals surface area contributed by atoms with Crippen molar-refractivity contribution in [2.24, 2.45) is 0 Å². The zero-order valence-corrected chi connectivity index (χ0v) is 12.3. The molecule has 106 valence electrons. The molecule has 0 saturated heterocycles. The summed E-state index contributed by atoms with van der Waals surface area (Å²) >= 11 is 0. The van der Waals surface area contributed by atoms with Crippen LogP contribution in [0, 0.1) is 0 Å². The van der Waals surface area contributed by atoms with Gasteiger partial charge < -0.3 is 15.5 Å². The summed E-state index contributed by atoms with van der Waals surface area (Å²) in [5.74, 6) is 0. The fraction of sp³-hybridized carbons (Fsp3) is 0.533. The van der Waals surface area contributed by atoms with Crippen LogP contribution in [0.1, 0.15) is 31.9 Å². The average Bonchev–Trinajstić information content (AvgIpc) is 2.39. The van der Waals surface area contributed by atoms with Crippen LogP contribution in [0.5, 0.6) is 0 Å². The van der Waals surface area contributed by atoms with E-state index in [2.05, 4.69) is 34.6 Å². The van der Waals surface area contributed by atoms with Gasteiger partial charge in [0.05, 0.1) is 6.04 Å². The van der Waals surface area contributed by atoms with Crippen molar-refractivity contribution < 1.29 is 4.79 Å². The van der Waals surface area contributed by atoms with Gasteiger partial charge in [-0.3, -0.25) is 0 Å². The third kappa shape index (κ3) is 5.30. The molecule has 0 aromatic heterocycles. The molecule has 2 amide bonds. The first-order valence-corrected chi connectivity index (χ1v) is 6.80. The van der Waals surface area contributed by atoms with Crippen LogP contribution in [0.15, 0.2) is 30.3 Å². The maximum Gasteiger partial charge on any atom is 0.315 e. The van der Waals surface area contributed by atoms with Gasteiger partial charge in [-0.05, 0) is 33.0 Å². The van der Waals surface area contributed by atoms with Crippen molar-refractivity contribution in [3.05, 3.63) is 35.9 Å². The number of benzene rings is 1. The van der Waals surface area contributed by atoms with E-state index < -0.39 is 0 Å². The highest BCUT2D eigenvalue weighted by Crippen LogP contribution is 2.16. The standard InChI is InChI=1S/C15H25N3O/c1-5-12(2)17-15(19)16-11-14(18(3)4)13-9-7-6-8-10-13/h6-10,12,14H,5,11H2,1-4H3,(H2,16,17,19)/t12-,14-/m0/s1. The fourth-order valence-corrected chi connectivity index (χ4v) is 1.84. The Bertz CT molecular complexity index is 378. The van der Waals surface area contributed by atoms with Crippen molar-refractivity contribution in [1.82, 2.24) is 15.5 Å². The topological polar surface area (TPSA) is 44.4 Å². The van der Waals surface area contributed by atoms with Crippen LogP contribution in [-0.4, -0.2) is 37.6 Å². The van der Waals surface area contributed by atoms with E-state index in [9.17, 15) is 4.79 Å². The van der Waals surface area contributed by atoms with E-state index in [0.717, 1.165) is 6.42 Å². The van der Waals surface area contributed by atoms with Gasteiger partial charge in [0.15, 0.2) is 0 Å². The van der Waals surface area contributed by atoms with E-state index >= 15 is 0 Å². The molecule has 0 spiro atoms. The lowest BCUT2D eigenvalue weighted by atomic mass is 10.1. The zero-order valence-electron chi connectivity index (χ0n) is 12.3. The second kappa shape index (κ2) is 7.79. The molecule has 0 unspecified atom stereocenters. The lowest BCUT2D eigenvalue weighted by Gasteiger charge is -2.25. The molecule has 0 bridgehead atoms. The summed E-state index contributed by atoms with van der Waals surface area (Å²) < 4.78 is 0. The SMILES string of the molecule is CC[C@H](C)NC(=O)NC[C@@H](c1ccccc1)N(C)C.